The number of aliphatic hydroxyl groups is 1. The first-order valence-corrected chi connectivity index (χ1v) is 8.87. The molecule has 1 aliphatic heterocycles. The Morgan fingerprint density at radius 1 is 1.23 bits per heavy atom. The van der Waals surface area contributed by atoms with E-state index >= 15 is 0 Å². The molecular weight excluding hydrogens is 278 g/mol. The van der Waals surface area contributed by atoms with Crippen LogP contribution in [0.2, 0.25) is 0 Å². The Hall–Kier alpha value is -1.01. The van der Waals surface area contributed by atoms with E-state index in [-0.39, 0.29) is 18.7 Å². The minimum Gasteiger partial charge on any atom is -0.395 e. The van der Waals surface area contributed by atoms with Crippen LogP contribution in [0.5, 0.6) is 0 Å². The molecule has 1 aromatic heterocycles. The molecule has 2 atom stereocenters. The van der Waals surface area contributed by atoms with Crippen molar-refractivity contribution in [3.63, 3.8) is 0 Å². The fourth-order valence-corrected chi connectivity index (χ4v) is 3.45. The smallest absolute Gasteiger partial charge is 0.168 e. The lowest BCUT2D eigenvalue weighted by molar-refractivity contribution is 0.104. The number of nitrogens with zero attached hydrogens (tertiary/aromatic N) is 5. The van der Waals surface area contributed by atoms with Crippen molar-refractivity contribution in [1.82, 2.24) is 25.1 Å². The van der Waals surface area contributed by atoms with Gasteiger partial charge in [-0.25, -0.2) is 4.68 Å². The number of aromatic nitrogens is 4. The molecule has 1 N–H and O–H groups in total. The molecule has 0 bridgehead atoms. The fourth-order valence-electron chi connectivity index (χ4n) is 3.45. The van der Waals surface area contributed by atoms with Crippen molar-refractivity contribution in [3.8, 4) is 0 Å². The average molecular weight is 309 g/mol. The zero-order valence-electron chi connectivity index (χ0n) is 14.3. The largest absolute Gasteiger partial charge is 0.395 e. The highest BCUT2D eigenvalue weighted by Crippen LogP contribution is 2.36. The molecule has 0 spiro atoms. The number of tetrazole rings is 1. The normalized spacial score (nSPS) is 22.8. The van der Waals surface area contributed by atoms with Crippen molar-refractivity contribution >= 4 is 0 Å². The molecule has 6 heteroatoms. The van der Waals surface area contributed by atoms with E-state index in [1.165, 1.54) is 12.8 Å². The molecule has 1 fully saturated rings. The highest BCUT2D eigenvalue weighted by Gasteiger charge is 2.37. The highest BCUT2D eigenvalue weighted by molar-refractivity contribution is 5.00. The number of rotatable bonds is 9. The number of likely N-dealkylation sites (tertiary alicyclic amines) is 1. The van der Waals surface area contributed by atoms with Crippen LogP contribution in [0.25, 0.3) is 0 Å². The molecule has 0 unspecified atom stereocenters. The van der Waals surface area contributed by atoms with Gasteiger partial charge in [-0.15, -0.1) is 5.10 Å². The third-order valence-corrected chi connectivity index (χ3v) is 5.06. The summed E-state index contributed by atoms with van der Waals surface area (Å²) in [5.74, 6) is 1.66. The Kier molecular flexibility index (Phi) is 6.76. The lowest BCUT2D eigenvalue weighted by atomic mass is 10.0. The van der Waals surface area contributed by atoms with Gasteiger partial charge in [-0.1, -0.05) is 40.0 Å². The molecule has 126 valence electrons. The topological polar surface area (TPSA) is 67.1 Å². The van der Waals surface area contributed by atoms with Gasteiger partial charge in [-0.05, 0) is 35.6 Å². The van der Waals surface area contributed by atoms with E-state index in [1.54, 1.807) is 0 Å². The molecule has 0 aromatic carbocycles. The van der Waals surface area contributed by atoms with Crippen molar-refractivity contribution in [2.75, 3.05) is 13.2 Å². The molecule has 6 nitrogen and oxygen atoms in total. The van der Waals surface area contributed by atoms with Crippen LogP contribution in [0.4, 0.5) is 0 Å². The van der Waals surface area contributed by atoms with Crippen LogP contribution in [0.3, 0.4) is 0 Å². The van der Waals surface area contributed by atoms with Gasteiger partial charge in [0.1, 0.15) is 0 Å². The highest BCUT2D eigenvalue weighted by atomic mass is 16.3. The van der Waals surface area contributed by atoms with E-state index in [9.17, 15) is 5.11 Å². The second kappa shape index (κ2) is 8.58. The van der Waals surface area contributed by atoms with Gasteiger partial charge in [-0.2, -0.15) is 0 Å². The summed E-state index contributed by atoms with van der Waals surface area (Å²) in [4.78, 5) is 2.45. The van der Waals surface area contributed by atoms with Crippen molar-refractivity contribution in [2.45, 2.75) is 77.9 Å². The summed E-state index contributed by atoms with van der Waals surface area (Å²) in [6, 6.07) is 0.506. The van der Waals surface area contributed by atoms with Crippen LogP contribution >= 0.6 is 0 Å². The number of hydrogen-bond donors (Lipinski definition) is 1. The predicted molar refractivity (Wildman–Crippen MR) is 86.4 cm³/mol. The third-order valence-electron chi connectivity index (χ3n) is 5.06. The first kappa shape index (κ1) is 17.3. The van der Waals surface area contributed by atoms with E-state index in [2.05, 4.69) is 41.2 Å². The fraction of sp³-hybridized carbons (Fsp3) is 0.938. The molecule has 2 heterocycles. The van der Waals surface area contributed by atoms with E-state index in [0.717, 1.165) is 44.6 Å². The van der Waals surface area contributed by atoms with Gasteiger partial charge in [-0.3, -0.25) is 4.90 Å². The molecule has 1 aliphatic rings. The second-order valence-electron chi connectivity index (χ2n) is 6.42. The van der Waals surface area contributed by atoms with Gasteiger partial charge < -0.3 is 5.11 Å². The summed E-state index contributed by atoms with van der Waals surface area (Å²) in [5.41, 5.74) is 0. The number of aliphatic hydroxyl groups excluding tert-OH is 1. The second-order valence-corrected chi connectivity index (χ2v) is 6.42. The van der Waals surface area contributed by atoms with Gasteiger partial charge in [0.05, 0.1) is 12.6 Å². The van der Waals surface area contributed by atoms with Crippen molar-refractivity contribution < 1.29 is 5.11 Å². The van der Waals surface area contributed by atoms with Crippen LogP contribution in [0, 0.1) is 5.92 Å². The summed E-state index contributed by atoms with van der Waals surface area (Å²) in [6.07, 6.45) is 6.67. The van der Waals surface area contributed by atoms with Crippen LogP contribution in [-0.4, -0.2) is 49.4 Å². The van der Waals surface area contributed by atoms with Crippen molar-refractivity contribution in [1.29, 1.82) is 0 Å². The van der Waals surface area contributed by atoms with Crippen molar-refractivity contribution in [3.05, 3.63) is 5.82 Å². The summed E-state index contributed by atoms with van der Waals surface area (Å²) >= 11 is 0. The zero-order chi connectivity index (χ0) is 15.9. The summed E-state index contributed by atoms with van der Waals surface area (Å²) < 4.78 is 1.97. The lowest BCUT2D eigenvalue weighted by Crippen LogP contribution is -2.38. The van der Waals surface area contributed by atoms with E-state index in [0.29, 0.717) is 5.92 Å². The Balaban J connectivity index is 2.15. The number of unbranched alkanes of at least 4 members (excludes halogenated alkanes) is 1. The van der Waals surface area contributed by atoms with Crippen LogP contribution in [0.15, 0.2) is 0 Å². The zero-order valence-corrected chi connectivity index (χ0v) is 14.3. The van der Waals surface area contributed by atoms with Crippen LogP contribution in [-0.2, 0) is 6.54 Å². The summed E-state index contributed by atoms with van der Waals surface area (Å²) in [5, 5.41) is 22.1. The minimum atomic E-state index is 0.229. The Bertz CT molecular complexity index is 432. The third kappa shape index (κ3) is 3.84. The monoisotopic (exact) mass is 309 g/mol. The van der Waals surface area contributed by atoms with E-state index < -0.39 is 0 Å². The Labute approximate surface area is 133 Å². The van der Waals surface area contributed by atoms with Gasteiger partial charge in [0.2, 0.25) is 0 Å². The Morgan fingerprint density at radius 3 is 2.64 bits per heavy atom. The summed E-state index contributed by atoms with van der Waals surface area (Å²) in [6.45, 7) is 8.83. The molecule has 1 aromatic rings. The number of aryl methyl sites for hydroxylation is 1. The van der Waals surface area contributed by atoms with Crippen LogP contribution < -0.4 is 0 Å². The molecule has 0 saturated carbocycles. The molecule has 1 saturated heterocycles. The minimum absolute atomic E-state index is 0.229. The first-order valence-electron chi connectivity index (χ1n) is 8.87. The maximum absolute atomic E-state index is 9.72. The van der Waals surface area contributed by atoms with Crippen molar-refractivity contribution in [2.24, 2.45) is 5.92 Å². The number of hydrogen-bond acceptors (Lipinski definition) is 5. The Morgan fingerprint density at radius 2 is 2.00 bits per heavy atom. The standard InChI is InChI=1S/C16H31N5O/c1-4-7-10-21-16(17-18-19-21)15-9-8-14(12-22)20(15)11-13(5-2)6-3/h13-15,22H,4-12H2,1-3H3/t14-,15-/m0/s1. The molecule has 2 rings (SSSR count). The first-order chi connectivity index (χ1) is 10.7. The van der Waals surface area contributed by atoms with Gasteiger partial charge >= 0.3 is 0 Å². The lowest BCUT2D eigenvalue weighted by Gasteiger charge is -2.31. The maximum atomic E-state index is 9.72. The molecule has 0 amide bonds. The average Bonchev–Trinajstić information content (AvgIpc) is 3.16. The molecule has 22 heavy (non-hydrogen) atoms. The maximum Gasteiger partial charge on any atom is 0.168 e. The summed E-state index contributed by atoms with van der Waals surface area (Å²) in [7, 11) is 0. The molecule has 0 aliphatic carbocycles. The van der Waals surface area contributed by atoms with Gasteiger partial charge in [0, 0.05) is 19.1 Å². The predicted octanol–water partition coefficient (Wildman–Crippen LogP) is 2.41. The van der Waals surface area contributed by atoms with E-state index in [4.69, 9.17) is 0 Å². The van der Waals surface area contributed by atoms with E-state index in [1.807, 2.05) is 4.68 Å². The molecular formula is C16H31N5O. The van der Waals surface area contributed by atoms with Crippen LogP contribution in [0.1, 0.15) is 71.2 Å². The van der Waals surface area contributed by atoms with Gasteiger partial charge in [0.15, 0.2) is 5.82 Å². The SMILES string of the molecule is CCCCn1nnnc1[C@@H]1CC[C@@H](CO)N1CC(CC)CC. The van der Waals surface area contributed by atoms with Gasteiger partial charge in [0.25, 0.3) is 0 Å². The molecule has 0 radical (unpaired) electrons. The quantitative estimate of drug-likeness (QED) is 0.759.